The summed E-state index contributed by atoms with van der Waals surface area (Å²) in [7, 11) is -3.61. The number of carbonyl (C=O) groups excluding carboxylic acids is 3. The molecular weight excluding hydrogens is 496 g/mol. The van der Waals surface area contributed by atoms with Crippen molar-refractivity contribution in [3.05, 3.63) is 54.1 Å². The molecule has 0 aliphatic carbocycles. The van der Waals surface area contributed by atoms with Gasteiger partial charge in [-0.2, -0.15) is 4.31 Å². The number of ether oxygens (including phenoxy) is 1. The van der Waals surface area contributed by atoms with Crippen LogP contribution < -0.4 is 10.6 Å². The maximum absolute atomic E-state index is 12.7. The van der Waals surface area contributed by atoms with Crippen LogP contribution in [0.1, 0.15) is 36.5 Å². The number of morpholine rings is 1. The predicted molar refractivity (Wildman–Crippen MR) is 139 cm³/mol. The third-order valence-corrected chi connectivity index (χ3v) is 8.41. The van der Waals surface area contributed by atoms with Crippen LogP contribution in [-0.4, -0.2) is 74.7 Å². The lowest BCUT2D eigenvalue weighted by molar-refractivity contribution is -0.128. The van der Waals surface area contributed by atoms with Crippen LogP contribution in [0.15, 0.2) is 53.4 Å². The quantitative estimate of drug-likeness (QED) is 0.515. The van der Waals surface area contributed by atoms with Crippen molar-refractivity contribution in [2.75, 3.05) is 50.0 Å². The molecule has 2 saturated heterocycles. The standard InChI is InChI=1S/C26H32N4O6S/c1-2-3-12-29-18-20(17-24(29)31)26(33)28-21-6-4-19(5-7-21)25(32)27-22-8-10-23(11-9-22)37(34,35)30-13-15-36-16-14-30/h4-11,20H,2-3,12-18H2,1H3,(H,27,32)(H,28,33). The van der Waals surface area contributed by atoms with Gasteiger partial charge in [-0.15, -0.1) is 0 Å². The fraction of sp³-hybridized carbons (Fsp3) is 0.423. The Balaban J connectivity index is 1.31. The molecule has 2 aromatic carbocycles. The summed E-state index contributed by atoms with van der Waals surface area (Å²) in [6, 6.07) is 12.5. The van der Waals surface area contributed by atoms with E-state index in [9.17, 15) is 22.8 Å². The smallest absolute Gasteiger partial charge is 0.255 e. The van der Waals surface area contributed by atoms with Crippen molar-refractivity contribution < 1.29 is 27.5 Å². The van der Waals surface area contributed by atoms with Crippen LogP contribution in [0.25, 0.3) is 0 Å². The van der Waals surface area contributed by atoms with Gasteiger partial charge in [-0.1, -0.05) is 13.3 Å². The van der Waals surface area contributed by atoms with Gasteiger partial charge in [0.2, 0.25) is 21.8 Å². The van der Waals surface area contributed by atoms with Crippen LogP contribution in [0, 0.1) is 5.92 Å². The van der Waals surface area contributed by atoms with Crippen LogP contribution in [0.2, 0.25) is 0 Å². The summed E-state index contributed by atoms with van der Waals surface area (Å²) in [5.41, 5.74) is 1.38. The van der Waals surface area contributed by atoms with Crippen LogP contribution in [0.5, 0.6) is 0 Å². The number of amides is 3. The van der Waals surface area contributed by atoms with E-state index in [0.717, 1.165) is 12.8 Å². The molecule has 1 unspecified atom stereocenters. The van der Waals surface area contributed by atoms with E-state index in [1.54, 1.807) is 41.3 Å². The molecule has 0 bridgehead atoms. The number of hydrogen-bond donors (Lipinski definition) is 2. The molecule has 37 heavy (non-hydrogen) atoms. The number of hydrogen-bond acceptors (Lipinski definition) is 6. The van der Waals surface area contributed by atoms with Crippen LogP contribution in [0.3, 0.4) is 0 Å². The largest absolute Gasteiger partial charge is 0.379 e. The summed E-state index contributed by atoms with van der Waals surface area (Å²) in [4.78, 5) is 39.3. The van der Waals surface area contributed by atoms with Gasteiger partial charge in [0, 0.05) is 49.5 Å². The number of carbonyl (C=O) groups is 3. The summed E-state index contributed by atoms with van der Waals surface area (Å²) in [5.74, 6) is -0.957. The van der Waals surface area contributed by atoms with E-state index in [1.165, 1.54) is 16.4 Å². The van der Waals surface area contributed by atoms with Crippen molar-refractivity contribution in [1.82, 2.24) is 9.21 Å². The molecule has 3 amide bonds. The minimum Gasteiger partial charge on any atom is -0.379 e. The lowest BCUT2D eigenvalue weighted by Crippen LogP contribution is -2.40. The van der Waals surface area contributed by atoms with Crippen molar-refractivity contribution in [2.45, 2.75) is 31.1 Å². The zero-order valence-electron chi connectivity index (χ0n) is 20.8. The lowest BCUT2D eigenvalue weighted by atomic mass is 10.1. The van der Waals surface area contributed by atoms with Gasteiger partial charge >= 0.3 is 0 Å². The second-order valence-corrected chi connectivity index (χ2v) is 11.1. The molecule has 0 spiro atoms. The molecular formula is C26H32N4O6S. The number of sulfonamides is 1. The van der Waals surface area contributed by atoms with Gasteiger partial charge in [0.05, 0.1) is 24.0 Å². The number of nitrogens with zero attached hydrogens (tertiary/aromatic N) is 2. The number of benzene rings is 2. The molecule has 0 radical (unpaired) electrons. The van der Waals surface area contributed by atoms with Crippen molar-refractivity contribution in [2.24, 2.45) is 5.92 Å². The summed E-state index contributed by atoms with van der Waals surface area (Å²) < 4.78 is 32.1. The summed E-state index contributed by atoms with van der Waals surface area (Å²) in [5, 5.41) is 5.58. The van der Waals surface area contributed by atoms with Crippen LogP contribution in [0.4, 0.5) is 11.4 Å². The summed E-state index contributed by atoms with van der Waals surface area (Å²) in [6.07, 6.45) is 2.12. The molecule has 11 heteroatoms. The first kappa shape index (κ1) is 26.8. The Morgan fingerprint density at radius 2 is 1.59 bits per heavy atom. The fourth-order valence-electron chi connectivity index (χ4n) is 4.31. The van der Waals surface area contributed by atoms with Crippen LogP contribution in [-0.2, 0) is 24.3 Å². The Hall–Kier alpha value is -3.28. The highest BCUT2D eigenvalue weighted by Gasteiger charge is 2.34. The van der Waals surface area contributed by atoms with Gasteiger partial charge in [-0.05, 0) is 55.0 Å². The van der Waals surface area contributed by atoms with Gasteiger partial charge in [-0.25, -0.2) is 8.42 Å². The Bertz CT molecular complexity index is 1220. The van der Waals surface area contributed by atoms with Gasteiger partial charge in [0.25, 0.3) is 5.91 Å². The highest BCUT2D eigenvalue weighted by molar-refractivity contribution is 7.89. The van der Waals surface area contributed by atoms with Gasteiger partial charge < -0.3 is 20.3 Å². The van der Waals surface area contributed by atoms with E-state index in [1.807, 2.05) is 0 Å². The lowest BCUT2D eigenvalue weighted by Gasteiger charge is -2.26. The molecule has 2 aromatic rings. The fourth-order valence-corrected chi connectivity index (χ4v) is 5.72. The van der Waals surface area contributed by atoms with E-state index < -0.39 is 10.0 Å². The minimum absolute atomic E-state index is 0.00680. The topological polar surface area (TPSA) is 125 Å². The molecule has 2 N–H and O–H groups in total. The van der Waals surface area contributed by atoms with Gasteiger partial charge in [-0.3, -0.25) is 14.4 Å². The number of anilines is 2. The molecule has 0 aromatic heterocycles. The third kappa shape index (κ3) is 6.54. The second-order valence-electron chi connectivity index (χ2n) is 9.16. The summed E-state index contributed by atoms with van der Waals surface area (Å²) >= 11 is 0. The molecule has 0 saturated carbocycles. The van der Waals surface area contributed by atoms with Crippen molar-refractivity contribution in [3.8, 4) is 0 Å². The molecule has 1 atom stereocenters. The molecule has 10 nitrogen and oxygen atoms in total. The van der Waals surface area contributed by atoms with Crippen molar-refractivity contribution in [3.63, 3.8) is 0 Å². The average Bonchev–Trinajstić information content (AvgIpc) is 3.29. The third-order valence-electron chi connectivity index (χ3n) is 6.50. The number of unbranched alkanes of at least 4 members (excludes halogenated alkanes) is 1. The zero-order chi connectivity index (χ0) is 26.4. The zero-order valence-corrected chi connectivity index (χ0v) is 21.6. The molecule has 2 fully saturated rings. The highest BCUT2D eigenvalue weighted by atomic mass is 32.2. The van der Waals surface area contributed by atoms with E-state index >= 15 is 0 Å². The average molecular weight is 529 g/mol. The van der Waals surface area contributed by atoms with Crippen molar-refractivity contribution in [1.29, 1.82) is 0 Å². The Morgan fingerprint density at radius 3 is 2.24 bits per heavy atom. The van der Waals surface area contributed by atoms with Crippen molar-refractivity contribution >= 4 is 39.1 Å². The minimum atomic E-state index is -3.61. The first-order valence-corrected chi connectivity index (χ1v) is 13.9. The summed E-state index contributed by atoms with van der Waals surface area (Å²) in [6.45, 7) is 4.53. The van der Waals surface area contributed by atoms with E-state index in [2.05, 4.69) is 17.6 Å². The van der Waals surface area contributed by atoms with E-state index in [0.29, 0.717) is 56.3 Å². The monoisotopic (exact) mass is 528 g/mol. The maximum atomic E-state index is 12.7. The molecule has 2 heterocycles. The first-order valence-electron chi connectivity index (χ1n) is 12.5. The first-order chi connectivity index (χ1) is 17.8. The highest BCUT2D eigenvalue weighted by Crippen LogP contribution is 2.22. The molecule has 4 rings (SSSR count). The second kappa shape index (κ2) is 11.8. The molecule has 2 aliphatic heterocycles. The number of nitrogens with one attached hydrogen (secondary N) is 2. The SMILES string of the molecule is CCCCN1CC(C(=O)Nc2ccc(C(=O)Nc3ccc(S(=O)(=O)N4CCOCC4)cc3)cc2)CC1=O. The van der Waals surface area contributed by atoms with E-state index in [4.69, 9.17) is 4.74 Å². The Morgan fingerprint density at radius 1 is 0.973 bits per heavy atom. The molecule has 198 valence electrons. The maximum Gasteiger partial charge on any atom is 0.255 e. The predicted octanol–water partition coefficient (Wildman–Crippen LogP) is 2.55. The van der Waals surface area contributed by atoms with Crippen LogP contribution >= 0.6 is 0 Å². The van der Waals surface area contributed by atoms with Gasteiger partial charge in [0.1, 0.15) is 0 Å². The Kier molecular flexibility index (Phi) is 8.57. The normalized spacial score (nSPS) is 18.6. The van der Waals surface area contributed by atoms with E-state index in [-0.39, 0.29) is 35.0 Å². The number of likely N-dealkylation sites (tertiary alicyclic amines) is 1. The van der Waals surface area contributed by atoms with Gasteiger partial charge in [0.15, 0.2) is 0 Å². The number of rotatable bonds is 9. The Labute approximate surface area is 217 Å². The molecule has 2 aliphatic rings.